The van der Waals surface area contributed by atoms with Crippen LogP contribution in [0.5, 0.6) is 0 Å². The molecular weight excluding hydrogens is 316 g/mol. The van der Waals surface area contributed by atoms with Crippen LogP contribution in [0.2, 0.25) is 0 Å². The molecule has 24 heavy (non-hydrogen) atoms. The number of carbonyl (C=O) groups excluding carboxylic acids is 1. The lowest BCUT2D eigenvalue weighted by atomic mass is 9.90. The first-order valence-electron chi connectivity index (χ1n) is 8.64. The second-order valence-corrected chi connectivity index (χ2v) is 8.23. The van der Waals surface area contributed by atoms with Crippen molar-refractivity contribution in [3.63, 3.8) is 0 Å². The third kappa shape index (κ3) is 4.05. The average Bonchev–Trinajstić information content (AvgIpc) is 2.96. The summed E-state index contributed by atoms with van der Waals surface area (Å²) in [4.78, 5) is 17.0. The van der Waals surface area contributed by atoms with Crippen LogP contribution in [-0.4, -0.2) is 24.9 Å². The van der Waals surface area contributed by atoms with E-state index >= 15 is 0 Å². The smallest absolute Gasteiger partial charge is 0.261 e. The van der Waals surface area contributed by atoms with Crippen molar-refractivity contribution in [2.24, 2.45) is 5.92 Å². The van der Waals surface area contributed by atoms with E-state index in [1.807, 2.05) is 6.07 Å². The van der Waals surface area contributed by atoms with Gasteiger partial charge in [0.25, 0.3) is 5.91 Å². The standard InChI is InChI=1S/C20H26N2OS/c1-14-8-9-18-17(10-14)11-19(24-18)20(23)21-12-15-6-4-5-7-16(15)13-22(2)3/h4-7,11,14H,8-10,12-13H2,1-3H3,(H,21,23). The molecule has 3 nitrogen and oxygen atoms in total. The Hall–Kier alpha value is -1.65. The predicted octanol–water partition coefficient (Wildman–Crippen LogP) is 3.86. The van der Waals surface area contributed by atoms with Crippen LogP contribution in [0.4, 0.5) is 0 Å². The molecule has 128 valence electrons. The van der Waals surface area contributed by atoms with Crippen molar-refractivity contribution in [3.8, 4) is 0 Å². The summed E-state index contributed by atoms with van der Waals surface area (Å²) in [5.41, 5.74) is 3.84. The first kappa shape index (κ1) is 17.2. The van der Waals surface area contributed by atoms with Gasteiger partial charge in [0.1, 0.15) is 0 Å². The van der Waals surface area contributed by atoms with E-state index in [0.29, 0.717) is 6.54 Å². The van der Waals surface area contributed by atoms with Crippen molar-refractivity contribution in [1.29, 1.82) is 0 Å². The second-order valence-electron chi connectivity index (χ2n) is 7.10. The average molecular weight is 343 g/mol. The van der Waals surface area contributed by atoms with Gasteiger partial charge in [-0.25, -0.2) is 0 Å². The second kappa shape index (κ2) is 7.49. The molecule has 0 aliphatic heterocycles. The van der Waals surface area contributed by atoms with Gasteiger partial charge in [0.15, 0.2) is 0 Å². The highest BCUT2D eigenvalue weighted by atomic mass is 32.1. The summed E-state index contributed by atoms with van der Waals surface area (Å²) in [5, 5.41) is 3.10. The zero-order valence-corrected chi connectivity index (χ0v) is 15.6. The molecule has 1 aromatic heterocycles. The maximum Gasteiger partial charge on any atom is 0.261 e. The van der Waals surface area contributed by atoms with Crippen LogP contribution < -0.4 is 5.32 Å². The zero-order valence-electron chi connectivity index (χ0n) is 14.8. The fraction of sp³-hybridized carbons (Fsp3) is 0.450. The number of hydrogen-bond donors (Lipinski definition) is 1. The molecule has 1 unspecified atom stereocenters. The van der Waals surface area contributed by atoms with Crippen molar-refractivity contribution >= 4 is 17.2 Å². The van der Waals surface area contributed by atoms with E-state index in [-0.39, 0.29) is 5.91 Å². The maximum atomic E-state index is 12.5. The Balaban J connectivity index is 1.66. The van der Waals surface area contributed by atoms with Gasteiger partial charge in [-0.05, 0) is 62.0 Å². The minimum Gasteiger partial charge on any atom is -0.347 e. The normalized spacial score (nSPS) is 16.9. The molecule has 0 saturated heterocycles. The summed E-state index contributed by atoms with van der Waals surface area (Å²) in [5.74, 6) is 0.794. The third-order valence-electron chi connectivity index (χ3n) is 4.60. The summed E-state index contributed by atoms with van der Waals surface area (Å²) >= 11 is 1.68. The fourth-order valence-electron chi connectivity index (χ4n) is 3.31. The Bertz CT molecular complexity index is 720. The first-order valence-corrected chi connectivity index (χ1v) is 9.46. The molecule has 0 fully saturated rings. The van der Waals surface area contributed by atoms with Crippen LogP contribution in [0.3, 0.4) is 0 Å². The van der Waals surface area contributed by atoms with Gasteiger partial charge in [-0.2, -0.15) is 0 Å². The molecule has 0 saturated carbocycles. The maximum absolute atomic E-state index is 12.5. The number of nitrogens with one attached hydrogen (secondary N) is 1. The van der Waals surface area contributed by atoms with Crippen LogP contribution >= 0.6 is 11.3 Å². The number of aryl methyl sites for hydroxylation is 1. The number of hydrogen-bond acceptors (Lipinski definition) is 3. The lowest BCUT2D eigenvalue weighted by Gasteiger charge is -2.16. The number of benzene rings is 1. The Morgan fingerprint density at radius 3 is 2.79 bits per heavy atom. The number of carbonyl (C=O) groups is 1. The predicted molar refractivity (Wildman–Crippen MR) is 101 cm³/mol. The van der Waals surface area contributed by atoms with Gasteiger partial charge in [-0.15, -0.1) is 11.3 Å². The van der Waals surface area contributed by atoms with Gasteiger partial charge in [-0.3, -0.25) is 4.79 Å². The van der Waals surface area contributed by atoms with E-state index in [9.17, 15) is 4.79 Å². The Morgan fingerprint density at radius 1 is 1.29 bits per heavy atom. The zero-order chi connectivity index (χ0) is 17.1. The molecule has 1 amide bonds. The number of amides is 1. The van der Waals surface area contributed by atoms with Crippen molar-refractivity contribution < 1.29 is 4.79 Å². The molecule has 0 bridgehead atoms. The van der Waals surface area contributed by atoms with Crippen molar-refractivity contribution in [1.82, 2.24) is 10.2 Å². The van der Waals surface area contributed by atoms with Gasteiger partial charge < -0.3 is 10.2 Å². The summed E-state index contributed by atoms with van der Waals surface area (Å²) < 4.78 is 0. The summed E-state index contributed by atoms with van der Waals surface area (Å²) in [7, 11) is 4.12. The van der Waals surface area contributed by atoms with E-state index in [2.05, 4.69) is 55.5 Å². The van der Waals surface area contributed by atoms with Crippen LogP contribution in [-0.2, 0) is 25.9 Å². The summed E-state index contributed by atoms with van der Waals surface area (Å²) in [6.07, 6.45) is 3.48. The van der Waals surface area contributed by atoms with E-state index in [1.54, 1.807) is 11.3 Å². The SMILES string of the molecule is CC1CCc2sc(C(=O)NCc3ccccc3CN(C)C)cc2C1. The molecule has 0 spiro atoms. The van der Waals surface area contributed by atoms with Gasteiger partial charge in [0.2, 0.25) is 0 Å². The topological polar surface area (TPSA) is 32.3 Å². The molecule has 3 rings (SSSR count). The molecule has 1 aliphatic rings. The lowest BCUT2D eigenvalue weighted by molar-refractivity contribution is 0.0955. The van der Waals surface area contributed by atoms with Crippen molar-refractivity contribution in [2.45, 2.75) is 39.3 Å². The molecule has 2 aromatic rings. The largest absolute Gasteiger partial charge is 0.347 e. The lowest BCUT2D eigenvalue weighted by Crippen LogP contribution is -2.23. The molecule has 1 aliphatic carbocycles. The molecule has 4 heteroatoms. The van der Waals surface area contributed by atoms with Crippen LogP contribution in [0.1, 0.15) is 44.6 Å². The Labute approximate surface area is 148 Å². The molecule has 1 aromatic carbocycles. The quantitative estimate of drug-likeness (QED) is 0.895. The molecule has 1 N–H and O–H groups in total. The van der Waals surface area contributed by atoms with E-state index in [1.165, 1.54) is 28.0 Å². The third-order valence-corrected chi connectivity index (χ3v) is 5.83. The Morgan fingerprint density at radius 2 is 2.04 bits per heavy atom. The Kier molecular flexibility index (Phi) is 5.36. The number of fused-ring (bicyclic) bond motifs is 1. The van der Waals surface area contributed by atoms with Crippen LogP contribution in [0.25, 0.3) is 0 Å². The molecule has 1 atom stereocenters. The minimum atomic E-state index is 0.0571. The van der Waals surface area contributed by atoms with Crippen LogP contribution in [0.15, 0.2) is 30.3 Å². The van der Waals surface area contributed by atoms with Gasteiger partial charge in [-0.1, -0.05) is 31.2 Å². The molecule has 0 radical (unpaired) electrons. The first-order chi connectivity index (χ1) is 11.5. The van der Waals surface area contributed by atoms with Crippen molar-refractivity contribution in [3.05, 3.63) is 56.8 Å². The van der Waals surface area contributed by atoms with E-state index < -0.39 is 0 Å². The fourth-order valence-corrected chi connectivity index (χ4v) is 4.43. The van der Waals surface area contributed by atoms with Gasteiger partial charge >= 0.3 is 0 Å². The highest BCUT2D eigenvalue weighted by molar-refractivity contribution is 7.14. The molecular formula is C20H26N2OS. The highest BCUT2D eigenvalue weighted by Crippen LogP contribution is 2.32. The monoisotopic (exact) mass is 342 g/mol. The number of thiophene rings is 1. The number of nitrogens with zero attached hydrogens (tertiary/aromatic N) is 1. The minimum absolute atomic E-state index is 0.0571. The van der Waals surface area contributed by atoms with Gasteiger partial charge in [0, 0.05) is 18.0 Å². The summed E-state index contributed by atoms with van der Waals surface area (Å²) in [6.45, 7) is 3.76. The number of rotatable bonds is 5. The van der Waals surface area contributed by atoms with Gasteiger partial charge in [0.05, 0.1) is 4.88 Å². The molecule has 1 heterocycles. The van der Waals surface area contributed by atoms with E-state index in [0.717, 1.165) is 30.2 Å². The van der Waals surface area contributed by atoms with Crippen molar-refractivity contribution in [2.75, 3.05) is 14.1 Å². The van der Waals surface area contributed by atoms with Crippen LogP contribution in [0, 0.1) is 5.92 Å². The van der Waals surface area contributed by atoms with E-state index in [4.69, 9.17) is 0 Å². The summed E-state index contributed by atoms with van der Waals surface area (Å²) in [6, 6.07) is 10.4. The highest BCUT2D eigenvalue weighted by Gasteiger charge is 2.20.